The van der Waals surface area contributed by atoms with Crippen LogP contribution in [0, 0.1) is 13.8 Å². The van der Waals surface area contributed by atoms with Crippen molar-refractivity contribution in [2.24, 2.45) is 10.2 Å². The summed E-state index contributed by atoms with van der Waals surface area (Å²) in [6, 6.07) is 9.96. The molecule has 4 unspecified atom stereocenters. The zero-order valence-electron chi connectivity index (χ0n) is 68.7. The highest BCUT2D eigenvalue weighted by atomic mass is 32.2. The highest BCUT2D eigenvalue weighted by Crippen LogP contribution is 2.44. The fourth-order valence-corrected chi connectivity index (χ4v) is 16.4. The van der Waals surface area contributed by atoms with E-state index in [0.29, 0.717) is 79.1 Å². The van der Waals surface area contributed by atoms with Crippen LogP contribution >= 0.6 is 20.7 Å². The van der Waals surface area contributed by atoms with Gasteiger partial charge in [0.15, 0.2) is 5.75 Å². The Labute approximate surface area is 716 Å². The number of ether oxygens (including phenoxy) is 1. The number of carboxylic acids is 5. The Morgan fingerprint density at radius 2 is 1.12 bits per heavy atom. The number of nitrogens with one attached hydrogen (secondary N) is 6. The second-order valence-corrected chi connectivity index (χ2v) is 34.6. The Bertz CT molecular complexity index is 4670. The van der Waals surface area contributed by atoms with E-state index in [1.54, 1.807) is 76.8 Å². The maximum Gasteiger partial charge on any atom is 0.321 e. The lowest BCUT2D eigenvalue weighted by molar-refractivity contribution is -0.145. The number of benzene rings is 4. The summed E-state index contributed by atoms with van der Waals surface area (Å²) in [5.74, 6) is -10.4. The number of likely N-dealkylation sites (tertiary alicyclic amines) is 1. The van der Waals surface area contributed by atoms with E-state index in [9.17, 15) is 119 Å². The molecule has 46 heteroatoms. The highest BCUT2D eigenvalue weighted by Gasteiger charge is 2.39. The number of nitrogen functional groups attached to an aromatic ring is 1. The second kappa shape index (κ2) is 50.1. The number of nitrogens with zero attached hydrogens (tertiary/aromatic N) is 8. The van der Waals surface area contributed by atoms with Crippen LogP contribution in [0.3, 0.4) is 0 Å². The molecule has 0 saturated carbocycles. The number of aromatic hydroxyl groups is 1. The number of rotatable bonds is 50. The molecule has 0 aromatic heterocycles. The average molecular weight is 1800 g/mol. The van der Waals surface area contributed by atoms with Crippen LogP contribution in [0.25, 0.3) is 21.9 Å². The summed E-state index contributed by atoms with van der Waals surface area (Å²) in [4.78, 5) is 180. The lowest BCUT2D eigenvalue weighted by Gasteiger charge is -2.33. The Hall–Kier alpha value is -10.0. The minimum atomic E-state index is -5.17. The van der Waals surface area contributed by atoms with E-state index >= 15 is 0 Å². The first kappa shape index (κ1) is 102. The predicted octanol–water partition coefficient (Wildman–Crippen LogP) is 3.10. The molecule has 2 aliphatic rings. The molecule has 8 amide bonds. The van der Waals surface area contributed by atoms with Gasteiger partial charge in [0.1, 0.15) is 34.3 Å². The monoisotopic (exact) mass is 1800 g/mol. The maximum atomic E-state index is 14.5. The van der Waals surface area contributed by atoms with E-state index in [-0.39, 0.29) is 202 Å². The molecule has 2 heterocycles. The molecule has 17 N–H and O–H groups in total. The second-order valence-electron chi connectivity index (χ2n) is 29.9. The number of amides is 8. The van der Waals surface area contributed by atoms with Crippen molar-refractivity contribution < 1.29 is 129 Å². The van der Waals surface area contributed by atoms with Gasteiger partial charge in [0.05, 0.1) is 62.9 Å². The number of aryl methyl sites for hydroxylation is 2. The van der Waals surface area contributed by atoms with Crippen LogP contribution in [0.1, 0.15) is 121 Å². The van der Waals surface area contributed by atoms with Gasteiger partial charge in [-0.25, -0.2) is 4.67 Å². The van der Waals surface area contributed by atoms with Crippen molar-refractivity contribution in [1.82, 2.24) is 55.8 Å². The number of phenols is 1. The quantitative estimate of drug-likeness (QED) is 0.00574. The standard InChI is InChI=1S/C77H110N15O27PS3/c1-47-37-51(52-16-19-55(48(2)38-52)85-86-56-20-17-53-60(122(113,114)115)40-61(123(116,117)118)73(78)72(53)74(56)107)15-18-54(47)84-75(108)57(83-65(96)41-87-28-30-88(42-69(101)102)32-34-90(44-71(105)106)35-33-89(31-29-87)43-70(103)104)12-7-9-26-79-62(93)24-27-91-67(98)39-59(76(91)109)121-45-66(97)80-25-8-5-6-13-63(94)82-50(4)14-22-64(95)81-49(3)11-10-36-119-46-92(120-112)58(77(110)111)21-23-68(99)100/h15-20,37-38,40,49-50,57-59,107,112,120H,5-14,21-36,39,41-46,78H2,1-4H3,(H,79,93)(H,80,97)(H,81,95)(H,82,94)(H,83,96)(H,84,108)(H,99,100)(H,101,102)(H,103,104)(H,105,106)(H,110,111)(H,113,114,115)(H,116,117,118)/t49-,50?,57-,58?,59?/m1/s1. The van der Waals surface area contributed by atoms with Gasteiger partial charge in [-0.15, -0.1) is 16.9 Å². The van der Waals surface area contributed by atoms with Crippen LogP contribution in [0.15, 0.2) is 74.6 Å². The number of hydrogen-bond donors (Lipinski definition) is 16. The smallest absolute Gasteiger partial charge is 0.321 e. The Morgan fingerprint density at radius 1 is 0.585 bits per heavy atom. The van der Waals surface area contributed by atoms with Crippen LogP contribution < -0.4 is 37.6 Å². The van der Waals surface area contributed by atoms with Crippen molar-refractivity contribution in [1.29, 1.82) is 0 Å². The molecular weight excluding hydrogens is 1690 g/mol. The molecule has 42 nitrogen and oxygen atoms in total. The molecule has 4 aromatic carbocycles. The normalized spacial score (nSPS) is 16.1. The van der Waals surface area contributed by atoms with Gasteiger partial charge in [-0.05, 0) is 144 Å². The molecule has 0 bridgehead atoms. The van der Waals surface area contributed by atoms with Gasteiger partial charge in [0.25, 0.3) is 20.2 Å². The van der Waals surface area contributed by atoms with Gasteiger partial charge in [-0.2, -0.15) is 21.9 Å². The van der Waals surface area contributed by atoms with Crippen molar-refractivity contribution in [3.63, 3.8) is 0 Å². The number of fused-ring (bicyclic) bond motifs is 1. The van der Waals surface area contributed by atoms with Gasteiger partial charge < -0.3 is 77.9 Å². The zero-order valence-corrected chi connectivity index (χ0v) is 72.1. The molecule has 2 fully saturated rings. The summed E-state index contributed by atoms with van der Waals surface area (Å²) in [6.45, 7) is 6.62. The number of hydrogen-bond acceptors (Lipinski definition) is 29. The first-order chi connectivity index (χ1) is 58.1. The van der Waals surface area contributed by atoms with E-state index in [0.717, 1.165) is 33.5 Å². The van der Waals surface area contributed by atoms with Crippen molar-refractivity contribution >= 4 is 152 Å². The number of imide groups is 1. The van der Waals surface area contributed by atoms with Crippen LogP contribution in [-0.2, 0) is 87.3 Å². The molecule has 678 valence electrons. The van der Waals surface area contributed by atoms with Crippen molar-refractivity contribution in [2.75, 3.05) is 128 Å². The van der Waals surface area contributed by atoms with E-state index in [1.807, 2.05) is 6.92 Å². The summed E-state index contributed by atoms with van der Waals surface area (Å²) >= 11 is 0.994. The molecule has 0 radical (unpaired) electrons. The lowest BCUT2D eigenvalue weighted by atomic mass is 10.00. The number of carbonyl (C=O) groups is 13. The molecule has 2 saturated heterocycles. The summed E-state index contributed by atoms with van der Waals surface area (Å²) in [5, 5.41) is 82.3. The third kappa shape index (κ3) is 34.9. The number of aliphatic carboxylic acids is 5. The van der Waals surface area contributed by atoms with Gasteiger partial charge in [0.2, 0.25) is 47.3 Å². The number of azo groups is 1. The first-order valence-corrected chi connectivity index (χ1v) is 44.5. The van der Waals surface area contributed by atoms with Crippen molar-refractivity contribution in [3.05, 3.63) is 65.7 Å². The number of phenolic OH excluding ortho intramolecular Hbond substituents is 1. The number of anilines is 2. The van der Waals surface area contributed by atoms with Crippen LogP contribution in [0.2, 0.25) is 0 Å². The average Bonchev–Trinajstić information content (AvgIpc) is 1.28. The van der Waals surface area contributed by atoms with Crippen molar-refractivity contribution in [2.45, 2.75) is 163 Å². The fraction of sp³-hybridized carbons (Fsp3) is 0.545. The molecule has 6 atom stereocenters. The van der Waals surface area contributed by atoms with Gasteiger partial charge >= 0.3 is 29.8 Å². The maximum absolute atomic E-state index is 14.5. The molecule has 2 aliphatic heterocycles. The van der Waals surface area contributed by atoms with Crippen molar-refractivity contribution in [3.8, 4) is 16.9 Å². The number of unbranched alkanes of at least 4 members (excludes halogenated alkanes) is 3. The first-order valence-electron chi connectivity index (χ1n) is 39.7. The topological polar surface area (TPSA) is 624 Å². The molecule has 0 aliphatic carbocycles. The Kier molecular flexibility index (Phi) is 41.4. The summed E-state index contributed by atoms with van der Waals surface area (Å²) in [5.41, 5.74) is 8.10. The summed E-state index contributed by atoms with van der Waals surface area (Å²) < 4.78 is 75.0. The molecular formula is C77H110N15O27PS3. The zero-order chi connectivity index (χ0) is 90.8. The Morgan fingerprint density at radius 3 is 1.67 bits per heavy atom. The van der Waals surface area contributed by atoms with E-state index in [4.69, 9.17) is 15.6 Å². The summed E-state index contributed by atoms with van der Waals surface area (Å²) in [6.07, 6.45) is 3.04. The number of thioether (sulfide) groups is 1. The molecule has 4 aromatic rings. The fourth-order valence-electron chi connectivity index (χ4n) is 13.5. The lowest BCUT2D eigenvalue weighted by Crippen LogP contribution is -2.51. The van der Waals surface area contributed by atoms with E-state index in [2.05, 4.69) is 42.1 Å². The molecule has 6 rings (SSSR count). The van der Waals surface area contributed by atoms with Crippen LogP contribution in [-0.4, -0.2) is 314 Å². The van der Waals surface area contributed by atoms with Gasteiger partial charge in [-0.1, -0.05) is 24.6 Å². The SMILES string of the molecule is Cc1cc(-c2ccc(NC(=O)[C@@H](CCCCNC(=O)CCN3C(=O)CC(SCC(=O)NCCCCCC(=O)NC(C)CCC(=O)N[C@H](C)CCCOCN(PO)C(CCC(=O)O)C(=O)O)C3=O)NC(=O)CN3CCN(CC(=O)O)CCN(CC(=O)O)CCN(CC(=O)O)CC3)c(C)c2)ccc1N=Nc1ccc2c(S(=O)(=O)O)cc(S(=O)(=O)O)c(N)c2c1O. The third-order valence-electron chi connectivity index (χ3n) is 20.1. The predicted molar refractivity (Wildman–Crippen MR) is 450 cm³/mol. The Balaban J connectivity index is 0.979. The third-order valence-corrected chi connectivity index (χ3v) is 23.8. The number of carbonyl (C=O) groups excluding carboxylic acids is 8. The number of nitrogens with two attached hydrogens (primary N) is 1. The highest BCUT2D eigenvalue weighted by molar-refractivity contribution is 8.01. The van der Waals surface area contributed by atoms with Crippen LogP contribution in [0.5, 0.6) is 5.75 Å². The van der Waals surface area contributed by atoms with E-state index < -0.39 is 146 Å². The minimum Gasteiger partial charge on any atom is -0.505 e. The largest absolute Gasteiger partial charge is 0.505 e. The minimum absolute atomic E-state index is 0.0312. The number of carboxylic acid groups (broad SMARTS) is 5. The molecule has 0 spiro atoms. The van der Waals surface area contributed by atoms with Gasteiger partial charge in [-0.3, -0.25) is 95.9 Å². The summed E-state index contributed by atoms with van der Waals surface area (Å²) in [7, 11) is -11.2. The molecule has 123 heavy (non-hydrogen) atoms. The van der Waals surface area contributed by atoms with Crippen LogP contribution in [0.4, 0.5) is 22.7 Å². The van der Waals surface area contributed by atoms with E-state index in [1.165, 1.54) is 0 Å². The van der Waals surface area contributed by atoms with Gasteiger partial charge in [0, 0.05) is 134 Å².